The summed E-state index contributed by atoms with van der Waals surface area (Å²) in [6, 6.07) is 6.11. The molecule has 0 aromatic heterocycles. The van der Waals surface area contributed by atoms with E-state index >= 15 is 0 Å². The molecular formula is C16H20F2N2O. The highest BCUT2D eigenvalue weighted by Gasteiger charge is 2.59. The molecule has 3 rings (SSSR count). The van der Waals surface area contributed by atoms with Gasteiger partial charge in [-0.25, -0.2) is 13.8 Å². The number of hydrogen-bond donors (Lipinski definition) is 0. The molecule has 0 bridgehead atoms. The van der Waals surface area contributed by atoms with Crippen LogP contribution in [0.15, 0.2) is 24.3 Å². The first kappa shape index (κ1) is 14.4. The van der Waals surface area contributed by atoms with E-state index in [1.54, 1.807) is 18.0 Å². The quantitative estimate of drug-likeness (QED) is 0.837. The molecule has 1 aromatic carbocycles. The molecule has 0 aliphatic carbocycles. The van der Waals surface area contributed by atoms with Crippen molar-refractivity contribution >= 4 is 5.91 Å². The second-order valence-electron chi connectivity index (χ2n) is 6.70. The first-order valence-electron chi connectivity index (χ1n) is 7.27. The van der Waals surface area contributed by atoms with Crippen molar-refractivity contribution in [3.63, 3.8) is 0 Å². The molecule has 0 N–H and O–H groups in total. The molecule has 3 nitrogen and oxygen atoms in total. The maximum Gasteiger partial charge on any atom is 0.247 e. The third-order valence-electron chi connectivity index (χ3n) is 4.98. The zero-order valence-electron chi connectivity index (χ0n) is 12.6. The van der Waals surface area contributed by atoms with Gasteiger partial charge in [-0.3, -0.25) is 9.80 Å². The largest absolute Gasteiger partial charge is 0.273 e. The van der Waals surface area contributed by atoms with E-state index in [0.717, 1.165) is 12.0 Å². The minimum atomic E-state index is -1.60. The van der Waals surface area contributed by atoms with Crippen LogP contribution >= 0.6 is 0 Å². The Morgan fingerprint density at radius 2 is 2.10 bits per heavy atom. The number of hydrogen-bond acceptors (Lipinski definition) is 2. The van der Waals surface area contributed by atoms with Crippen LogP contribution in [0.4, 0.5) is 8.78 Å². The van der Waals surface area contributed by atoms with E-state index in [9.17, 15) is 13.6 Å². The van der Waals surface area contributed by atoms with E-state index in [-0.39, 0.29) is 17.8 Å². The fraction of sp³-hybridized carbons (Fsp3) is 0.562. The van der Waals surface area contributed by atoms with Crippen LogP contribution in [-0.4, -0.2) is 34.7 Å². The molecule has 1 aromatic rings. The van der Waals surface area contributed by atoms with Crippen molar-refractivity contribution in [2.75, 3.05) is 13.1 Å². The van der Waals surface area contributed by atoms with Crippen molar-refractivity contribution in [3.05, 3.63) is 35.6 Å². The van der Waals surface area contributed by atoms with E-state index in [2.05, 4.69) is 0 Å². The minimum absolute atomic E-state index is 0.197. The number of carbonyl (C=O) groups excluding carboxylic acids is 1. The fourth-order valence-electron chi connectivity index (χ4n) is 3.27. The van der Waals surface area contributed by atoms with Crippen LogP contribution < -0.4 is 0 Å². The first-order valence-corrected chi connectivity index (χ1v) is 7.27. The maximum absolute atomic E-state index is 14.5. The van der Waals surface area contributed by atoms with Crippen LogP contribution in [0.5, 0.6) is 0 Å². The Bertz CT molecular complexity index is 584. The second-order valence-corrected chi connectivity index (χ2v) is 6.70. The zero-order valence-corrected chi connectivity index (χ0v) is 12.6. The van der Waals surface area contributed by atoms with Crippen molar-refractivity contribution in [1.29, 1.82) is 0 Å². The third-order valence-corrected chi connectivity index (χ3v) is 4.98. The summed E-state index contributed by atoms with van der Waals surface area (Å²) in [7, 11) is 0. The number of fused-ring (bicyclic) bond motifs is 1. The first-order chi connectivity index (χ1) is 9.74. The molecule has 2 aliphatic heterocycles. The molecule has 0 spiro atoms. The van der Waals surface area contributed by atoms with Gasteiger partial charge in [0.2, 0.25) is 5.91 Å². The molecule has 2 aliphatic rings. The van der Waals surface area contributed by atoms with Gasteiger partial charge in [-0.1, -0.05) is 12.1 Å². The van der Waals surface area contributed by atoms with Crippen LogP contribution in [0, 0.1) is 11.2 Å². The van der Waals surface area contributed by atoms with E-state index < -0.39 is 11.1 Å². The molecule has 114 valence electrons. The van der Waals surface area contributed by atoms with Gasteiger partial charge < -0.3 is 0 Å². The molecular weight excluding hydrogens is 274 g/mol. The number of rotatable bonds is 2. The molecule has 5 heteroatoms. The van der Waals surface area contributed by atoms with Crippen LogP contribution in [0.3, 0.4) is 0 Å². The molecule has 0 radical (unpaired) electrons. The number of benzene rings is 1. The van der Waals surface area contributed by atoms with Crippen LogP contribution in [0.2, 0.25) is 0 Å². The summed E-state index contributed by atoms with van der Waals surface area (Å²) in [4.78, 5) is 12.8. The third kappa shape index (κ3) is 2.06. The van der Waals surface area contributed by atoms with Crippen molar-refractivity contribution in [2.45, 2.75) is 38.9 Å². The molecule has 2 heterocycles. The molecule has 2 atom stereocenters. The topological polar surface area (TPSA) is 23.6 Å². The number of hydrazine groups is 1. The highest BCUT2D eigenvalue weighted by molar-refractivity contribution is 5.86. The maximum atomic E-state index is 14.5. The van der Waals surface area contributed by atoms with E-state index in [1.165, 1.54) is 26.0 Å². The summed E-state index contributed by atoms with van der Waals surface area (Å²) in [5, 5.41) is 3.54. The summed E-state index contributed by atoms with van der Waals surface area (Å²) < 4.78 is 27.9. The van der Waals surface area contributed by atoms with Gasteiger partial charge in [0, 0.05) is 13.1 Å². The standard InChI is InChI=1S/C16H20F2N2O/c1-15(2,18)16(3)10-19-8-7-13(20(19)14(16)21)11-5-4-6-12(17)9-11/h4-6,9,13H,7-8,10H2,1-3H3/t13-,16?/m1/s1. The smallest absolute Gasteiger partial charge is 0.247 e. The van der Waals surface area contributed by atoms with Crippen molar-refractivity contribution in [1.82, 2.24) is 10.0 Å². The Morgan fingerprint density at radius 1 is 1.38 bits per heavy atom. The molecule has 1 amide bonds. The van der Waals surface area contributed by atoms with Gasteiger partial charge in [0.25, 0.3) is 0 Å². The number of carbonyl (C=O) groups is 1. The monoisotopic (exact) mass is 294 g/mol. The van der Waals surface area contributed by atoms with E-state index in [1.807, 2.05) is 11.1 Å². The minimum Gasteiger partial charge on any atom is -0.273 e. The van der Waals surface area contributed by atoms with Gasteiger partial charge in [0.1, 0.15) is 11.5 Å². The fourth-order valence-corrected chi connectivity index (χ4v) is 3.27. The second kappa shape index (κ2) is 4.50. The Hall–Kier alpha value is -1.49. The Labute approximate surface area is 123 Å². The number of nitrogens with zero attached hydrogens (tertiary/aromatic N) is 2. The summed E-state index contributed by atoms with van der Waals surface area (Å²) in [6.45, 7) is 5.65. The van der Waals surface area contributed by atoms with Gasteiger partial charge in [0.05, 0.1) is 11.5 Å². The molecule has 2 fully saturated rings. The van der Waals surface area contributed by atoms with E-state index in [4.69, 9.17) is 0 Å². The zero-order chi connectivity index (χ0) is 15.4. The van der Waals surface area contributed by atoms with Crippen LogP contribution in [0.1, 0.15) is 38.8 Å². The lowest BCUT2D eigenvalue weighted by atomic mass is 9.76. The summed E-state index contributed by atoms with van der Waals surface area (Å²) in [6.07, 6.45) is 0.748. The molecule has 1 unspecified atom stereocenters. The van der Waals surface area contributed by atoms with Crippen LogP contribution in [0.25, 0.3) is 0 Å². The molecule has 21 heavy (non-hydrogen) atoms. The van der Waals surface area contributed by atoms with Gasteiger partial charge in [-0.05, 0) is 44.9 Å². The Balaban J connectivity index is 1.95. The summed E-state index contributed by atoms with van der Waals surface area (Å²) in [5.41, 5.74) is -1.88. The average Bonchev–Trinajstić information content (AvgIpc) is 2.89. The molecule has 0 saturated carbocycles. The Morgan fingerprint density at radius 3 is 2.71 bits per heavy atom. The summed E-state index contributed by atoms with van der Waals surface area (Å²) >= 11 is 0. The van der Waals surface area contributed by atoms with Crippen LogP contribution in [-0.2, 0) is 4.79 Å². The predicted molar refractivity (Wildman–Crippen MR) is 75.5 cm³/mol. The Kier molecular flexibility index (Phi) is 3.10. The van der Waals surface area contributed by atoms with E-state index in [0.29, 0.717) is 13.1 Å². The lowest BCUT2D eigenvalue weighted by Gasteiger charge is -2.33. The summed E-state index contributed by atoms with van der Waals surface area (Å²) in [5.74, 6) is -0.520. The van der Waals surface area contributed by atoms with Gasteiger partial charge >= 0.3 is 0 Å². The lowest BCUT2D eigenvalue weighted by Crippen LogP contribution is -2.46. The van der Waals surface area contributed by atoms with Crippen molar-refractivity contribution < 1.29 is 13.6 Å². The van der Waals surface area contributed by atoms with Crippen molar-refractivity contribution in [2.24, 2.45) is 5.41 Å². The highest BCUT2D eigenvalue weighted by Crippen LogP contribution is 2.48. The predicted octanol–water partition coefficient (Wildman–Crippen LogP) is 3.08. The van der Waals surface area contributed by atoms with Gasteiger partial charge in [-0.15, -0.1) is 0 Å². The normalized spacial score (nSPS) is 30.0. The number of amides is 1. The van der Waals surface area contributed by atoms with Crippen molar-refractivity contribution in [3.8, 4) is 0 Å². The van der Waals surface area contributed by atoms with Gasteiger partial charge in [0.15, 0.2) is 0 Å². The van der Waals surface area contributed by atoms with Gasteiger partial charge in [-0.2, -0.15) is 0 Å². The SMILES string of the molecule is CC(C)(F)C1(C)CN2CC[C@H](c3cccc(F)c3)N2C1=O. The molecule has 2 saturated heterocycles. The number of alkyl halides is 1. The average molecular weight is 294 g/mol. The lowest BCUT2D eigenvalue weighted by molar-refractivity contribution is -0.147. The number of halogens is 2. The highest BCUT2D eigenvalue weighted by atomic mass is 19.1.